The molecule has 1 N–H and O–H groups in total. The monoisotopic (exact) mass is 776 g/mol. The molecule has 1 saturated heterocycles. The Balaban J connectivity index is 1.77. The minimum Gasteiger partial charge on any atom is -0.462 e. The smallest absolute Gasteiger partial charge is 0.338 e. The van der Waals surface area contributed by atoms with Crippen molar-refractivity contribution in [3.05, 3.63) is 82.9 Å². The van der Waals surface area contributed by atoms with E-state index in [1.807, 2.05) is 0 Å². The van der Waals surface area contributed by atoms with Crippen LogP contribution in [0.15, 0.2) is 71.8 Å². The number of carbonyl (C=O) groups excluding carboxylic acids is 6. The molecule has 14 heteroatoms. The molecule has 14 nitrogen and oxygen atoms in total. The molecule has 1 heterocycles. The van der Waals surface area contributed by atoms with Crippen molar-refractivity contribution in [3.63, 3.8) is 0 Å². The number of esters is 6. The van der Waals surface area contributed by atoms with Crippen LogP contribution in [-0.2, 0) is 52.3 Å². The number of carbonyl (C=O) groups is 6. The zero-order valence-corrected chi connectivity index (χ0v) is 32.7. The lowest BCUT2D eigenvalue weighted by Crippen LogP contribution is -2.79. The van der Waals surface area contributed by atoms with Crippen LogP contribution >= 0.6 is 0 Å². The lowest BCUT2D eigenvalue weighted by Gasteiger charge is -2.65. The number of fused-ring (bicyclic) bond motifs is 4. The second-order valence-corrected chi connectivity index (χ2v) is 15.9. The van der Waals surface area contributed by atoms with Crippen molar-refractivity contribution in [3.8, 4) is 0 Å². The fourth-order valence-corrected chi connectivity index (χ4v) is 9.86. The topological polar surface area (TPSA) is 187 Å². The zero-order chi connectivity index (χ0) is 41.0. The molecule has 0 spiro atoms. The second-order valence-electron chi connectivity index (χ2n) is 15.9. The molecular weight excluding hydrogens is 728 g/mol. The molecule has 0 radical (unpaired) electrons. The van der Waals surface area contributed by atoms with Gasteiger partial charge in [-0.15, -0.1) is 0 Å². The van der Waals surface area contributed by atoms with E-state index in [9.17, 15) is 33.9 Å². The van der Waals surface area contributed by atoms with Gasteiger partial charge in [-0.25, -0.2) is 9.59 Å². The maximum atomic E-state index is 14.5. The summed E-state index contributed by atoms with van der Waals surface area (Å²) < 4.78 is 43.8. The van der Waals surface area contributed by atoms with Crippen LogP contribution in [0.25, 0.3) is 0 Å². The van der Waals surface area contributed by atoms with Gasteiger partial charge < -0.3 is 38.3 Å². The van der Waals surface area contributed by atoms with Crippen LogP contribution in [0.4, 0.5) is 0 Å². The molecule has 6 rings (SSSR count). The van der Waals surface area contributed by atoms with Crippen LogP contribution in [0.3, 0.4) is 0 Å². The third-order valence-electron chi connectivity index (χ3n) is 12.1. The first-order valence-electron chi connectivity index (χ1n) is 18.6. The van der Waals surface area contributed by atoms with E-state index in [2.05, 4.69) is 0 Å². The number of hydrogen-bond donors (Lipinski definition) is 1. The lowest BCUT2D eigenvalue weighted by atomic mass is 9.49. The van der Waals surface area contributed by atoms with Gasteiger partial charge in [-0.05, 0) is 56.2 Å². The van der Waals surface area contributed by atoms with E-state index >= 15 is 0 Å². The summed E-state index contributed by atoms with van der Waals surface area (Å²) in [6.45, 7) is 10.8. The van der Waals surface area contributed by atoms with Crippen LogP contribution < -0.4 is 0 Å². The SMILES string of the molecule is CC(=O)O[C@H]1C[C@@]2(C(C)(C)O)C(=C1C)[C@@H](OC(C)=O)[C@H](OC(=O)c1ccccc1)[C@]1(C)[C@@H](OC(C)=O)C[C@H]3OC[C@@]3(OC(C)=O)[C@H]1[C@@H]2OC(=O)c1ccccc1. The lowest BCUT2D eigenvalue weighted by molar-refractivity contribution is -0.351. The Morgan fingerprint density at radius 3 is 1.70 bits per heavy atom. The van der Waals surface area contributed by atoms with Gasteiger partial charge in [0, 0.05) is 40.5 Å². The molecule has 10 atom stereocenters. The minimum atomic E-state index is -1.93. The molecule has 0 bridgehead atoms. The van der Waals surface area contributed by atoms with E-state index in [4.69, 9.17) is 33.2 Å². The first kappa shape index (κ1) is 40.6. The largest absolute Gasteiger partial charge is 0.462 e. The predicted octanol–water partition coefficient (Wildman–Crippen LogP) is 4.45. The first-order chi connectivity index (χ1) is 26.3. The molecular formula is C42H48O14. The predicted molar refractivity (Wildman–Crippen MR) is 194 cm³/mol. The van der Waals surface area contributed by atoms with Crippen molar-refractivity contribution < 1.29 is 67.0 Å². The van der Waals surface area contributed by atoms with E-state index in [0.29, 0.717) is 5.57 Å². The van der Waals surface area contributed by atoms with Gasteiger partial charge in [-0.3, -0.25) is 19.2 Å². The third kappa shape index (κ3) is 6.66. The van der Waals surface area contributed by atoms with E-state index in [1.165, 1.54) is 46.8 Å². The molecule has 4 aliphatic rings. The summed E-state index contributed by atoms with van der Waals surface area (Å²) in [5.41, 5.74) is -6.40. The van der Waals surface area contributed by atoms with Crippen LogP contribution in [0, 0.1) is 16.7 Å². The van der Waals surface area contributed by atoms with E-state index in [1.54, 1.807) is 62.4 Å². The summed E-state index contributed by atoms with van der Waals surface area (Å²) in [6.07, 6.45) is -8.25. The minimum absolute atomic E-state index is 0.0744. The molecule has 2 aromatic carbocycles. The van der Waals surface area contributed by atoms with E-state index in [-0.39, 0.29) is 36.1 Å². The fraction of sp³-hybridized carbons (Fsp3) is 0.524. The Bertz CT molecular complexity index is 1930. The maximum Gasteiger partial charge on any atom is 0.338 e. The average Bonchev–Trinajstić information content (AvgIpc) is 3.37. The van der Waals surface area contributed by atoms with Crippen LogP contribution in [0.5, 0.6) is 0 Å². The van der Waals surface area contributed by atoms with Gasteiger partial charge in [0.1, 0.15) is 24.4 Å². The summed E-state index contributed by atoms with van der Waals surface area (Å²) in [5, 5.41) is 12.7. The number of aliphatic hydroxyl groups is 1. The zero-order valence-electron chi connectivity index (χ0n) is 32.7. The van der Waals surface area contributed by atoms with Gasteiger partial charge >= 0.3 is 35.8 Å². The number of benzene rings is 2. The summed E-state index contributed by atoms with van der Waals surface area (Å²) in [6, 6.07) is 16.1. The highest BCUT2D eigenvalue weighted by Crippen LogP contribution is 2.69. The van der Waals surface area contributed by atoms with Crippen LogP contribution in [0.2, 0.25) is 0 Å². The molecule has 300 valence electrons. The third-order valence-corrected chi connectivity index (χ3v) is 12.1. The Morgan fingerprint density at radius 1 is 0.732 bits per heavy atom. The van der Waals surface area contributed by atoms with E-state index < -0.39 is 100 Å². The highest BCUT2D eigenvalue weighted by atomic mass is 16.6. The summed E-state index contributed by atoms with van der Waals surface area (Å²) in [7, 11) is 0. The molecule has 1 aliphatic heterocycles. The van der Waals surface area contributed by atoms with Crippen molar-refractivity contribution in [2.45, 2.75) is 116 Å². The van der Waals surface area contributed by atoms with Gasteiger partial charge in [-0.1, -0.05) is 43.3 Å². The van der Waals surface area contributed by atoms with Gasteiger partial charge in [0.2, 0.25) is 0 Å². The first-order valence-corrected chi connectivity index (χ1v) is 18.6. The molecule has 3 fully saturated rings. The normalized spacial score (nSPS) is 33.2. The molecule has 2 saturated carbocycles. The second kappa shape index (κ2) is 14.8. The Hall–Kier alpha value is -5.08. The Labute approximate surface area is 324 Å². The van der Waals surface area contributed by atoms with Gasteiger partial charge in [0.25, 0.3) is 0 Å². The van der Waals surface area contributed by atoms with Crippen LogP contribution in [-0.4, -0.2) is 95.4 Å². The number of rotatable bonds is 9. The summed E-state index contributed by atoms with van der Waals surface area (Å²) in [5.74, 6) is -5.90. The fourth-order valence-electron chi connectivity index (χ4n) is 9.86. The Kier molecular flexibility index (Phi) is 10.7. The molecule has 0 amide bonds. The molecule has 2 aromatic rings. The number of hydrogen-bond acceptors (Lipinski definition) is 14. The number of ether oxygens (including phenoxy) is 7. The highest BCUT2D eigenvalue weighted by Gasteiger charge is 2.81. The van der Waals surface area contributed by atoms with Crippen molar-refractivity contribution in [1.29, 1.82) is 0 Å². The standard InChI is InChI=1S/C42H48O14/c1-22-29(51-23(2)43)20-41(39(6,7)49)32(22)33(53-25(4)45)35(54-37(47)27-15-11-9-12-16-27)40(8)30(52-24(3)44)19-31-42(21-50-31,56-26(5)46)34(40)36(41)55-38(48)28-17-13-10-14-18-28/h9-18,29-31,33-36,49H,19-21H2,1-8H3/t29-,30-,31+,33+,34-,35-,36-,40+,41+,42-/m0/s1. The van der Waals surface area contributed by atoms with E-state index in [0.717, 1.165) is 6.92 Å². The molecule has 56 heavy (non-hydrogen) atoms. The average molecular weight is 777 g/mol. The summed E-state index contributed by atoms with van der Waals surface area (Å²) in [4.78, 5) is 81.1. The van der Waals surface area contributed by atoms with Crippen molar-refractivity contribution in [1.82, 2.24) is 0 Å². The summed E-state index contributed by atoms with van der Waals surface area (Å²) >= 11 is 0. The molecule has 3 aliphatic carbocycles. The van der Waals surface area contributed by atoms with Crippen LogP contribution in [0.1, 0.15) is 88.9 Å². The van der Waals surface area contributed by atoms with Crippen molar-refractivity contribution >= 4 is 35.8 Å². The van der Waals surface area contributed by atoms with Gasteiger partial charge in [-0.2, -0.15) is 0 Å². The maximum absolute atomic E-state index is 14.5. The Morgan fingerprint density at radius 2 is 1.25 bits per heavy atom. The van der Waals surface area contributed by atoms with Crippen molar-refractivity contribution in [2.24, 2.45) is 16.7 Å². The van der Waals surface area contributed by atoms with Crippen molar-refractivity contribution in [2.75, 3.05) is 6.61 Å². The molecule has 0 aromatic heterocycles. The van der Waals surface area contributed by atoms with Gasteiger partial charge in [0.05, 0.1) is 40.1 Å². The molecule has 0 unspecified atom stereocenters. The van der Waals surface area contributed by atoms with Gasteiger partial charge in [0.15, 0.2) is 17.8 Å². The highest BCUT2D eigenvalue weighted by molar-refractivity contribution is 5.90. The quantitative estimate of drug-likeness (QED) is 0.214.